The van der Waals surface area contributed by atoms with E-state index in [1.807, 2.05) is 6.92 Å². The summed E-state index contributed by atoms with van der Waals surface area (Å²) < 4.78 is 39.4. The maximum atomic E-state index is 13.1. The molecule has 0 atom stereocenters. The number of guanidine groups is 1. The fourth-order valence-corrected chi connectivity index (χ4v) is 5.73. The van der Waals surface area contributed by atoms with Crippen LogP contribution < -0.4 is 16.4 Å². The zero-order valence-electron chi connectivity index (χ0n) is 26.1. The lowest BCUT2D eigenvalue weighted by atomic mass is 9.96. The summed E-state index contributed by atoms with van der Waals surface area (Å²) in [6.07, 6.45) is 0.962. The van der Waals surface area contributed by atoms with Crippen molar-refractivity contribution in [2.45, 2.75) is 25.9 Å². The number of alkyl halides is 3. The topological polar surface area (TPSA) is 114 Å². The lowest BCUT2D eigenvalue weighted by molar-refractivity contribution is -0.137. The largest absolute Gasteiger partial charge is 0.416 e. The number of allylic oxidation sites excluding steroid dienone is 1. The average molecular weight is 636 g/mol. The highest BCUT2D eigenvalue weighted by Gasteiger charge is 2.31. The smallest absolute Gasteiger partial charge is 0.383 e. The number of anilines is 2. The van der Waals surface area contributed by atoms with Crippen LogP contribution in [0.3, 0.4) is 0 Å². The average Bonchev–Trinajstić information content (AvgIpc) is 3.03. The molecule has 2 aromatic carbocycles. The van der Waals surface area contributed by atoms with Gasteiger partial charge in [-0.3, -0.25) is 14.7 Å². The van der Waals surface area contributed by atoms with Gasteiger partial charge >= 0.3 is 6.18 Å². The summed E-state index contributed by atoms with van der Waals surface area (Å²) in [5.74, 6) is 0.915. The number of piperazine rings is 1. The van der Waals surface area contributed by atoms with Crippen LogP contribution in [0.2, 0.25) is 0 Å². The second-order valence-corrected chi connectivity index (χ2v) is 11.9. The number of carbonyl (C=O) groups is 1. The van der Waals surface area contributed by atoms with Gasteiger partial charge in [0.25, 0.3) is 5.91 Å². The zero-order valence-corrected chi connectivity index (χ0v) is 26.1. The van der Waals surface area contributed by atoms with Crippen LogP contribution in [0.1, 0.15) is 34.3 Å². The summed E-state index contributed by atoms with van der Waals surface area (Å²) in [4.78, 5) is 33.7. The number of piperidine rings is 1. The quantitative estimate of drug-likeness (QED) is 0.403. The number of carbonyl (C=O) groups excluding carboxylic acids is 1. The van der Waals surface area contributed by atoms with Crippen molar-refractivity contribution in [3.8, 4) is 0 Å². The Hall–Kier alpha value is -4.49. The number of aryl methyl sites for hydroxylation is 1. The van der Waals surface area contributed by atoms with Gasteiger partial charge in [0.1, 0.15) is 17.2 Å². The van der Waals surface area contributed by atoms with Gasteiger partial charge in [-0.25, -0.2) is 9.98 Å². The second-order valence-electron chi connectivity index (χ2n) is 11.9. The van der Waals surface area contributed by atoms with Gasteiger partial charge in [-0.15, -0.1) is 0 Å². The number of nitrogens with one attached hydrogen (secondary N) is 2. The van der Waals surface area contributed by atoms with Gasteiger partial charge in [-0.05, 0) is 81.7 Å². The predicted molar refractivity (Wildman–Crippen MR) is 177 cm³/mol. The highest BCUT2D eigenvalue weighted by molar-refractivity contribution is 6.41. The van der Waals surface area contributed by atoms with Crippen molar-refractivity contribution in [2.75, 3.05) is 63.5 Å². The molecule has 0 spiro atoms. The molecule has 2 aromatic rings. The Morgan fingerprint density at radius 2 is 1.83 bits per heavy atom. The van der Waals surface area contributed by atoms with Crippen LogP contribution in [-0.2, 0) is 6.18 Å². The molecule has 2 saturated heterocycles. The first-order chi connectivity index (χ1) is 22.0. The minimum Gasteiger partial charge on any atom is -0.383 e. The molecule has 5 rings (SSSR count). The maximum absolute atomic E-state index is 13.1. The number of benzene rings is 2. The Morgan fingerprint density at radius 1 is 1.09 bits per heavy atom. The molecule has 0 radical (unpaired) electrons. The number of halogens is 3. The number of aliphatic imine (C=N–C) groups is 3. The molecule has 3 heterocycles. The lowest BCUT2D eigenvalue weighted by Gasteiger charge is -2.38. The Kier molecular flexibility index (Phi) is 10.2. The summed E-state index contributed by atoms with van der Waals surface area (Å²) in [6, 6.07) is 9.39. The summed E-state index contributed by atoms with van der Waals surface area (Å²) in [5, 5.41) is 5.69. The fourth-order valence-electron chi connectivity index (χ4n) is 5.73. The van der Waals surface area contributed by atoms with Gasteiger partial charge in [0, 0.05) is 55.9 Å². The van der Waals surface area contributed by atoms with Crippen molar-refractivity contribution in [1.82, 2.24) is 14.7 Å². The third-order valence-corrected chi connectivity index (χ3v) is 8.47. The summed E-state index contributed by atoms with van der Waals surface area (Å²) in [7, 11) is 2.18. The van der Waals surface area contributed by atoms with Crippen LogP contribution in [0.4, 0.5) is 24.5 Å². The van der Waals surface area contributed by atoms with Gasteiger partial charge in [0.05, 0.1) is 11.8 Å². The Labute approximate surface area is 267 Å². The van der Waals surface area contributed by atoms with Crippen LogP contribution >= 0.6 is 0 Å². The highest BCUT2D eigenvalue weighted by Crippen LogP contribution is 2.31. The van der Waals surface area contributed by atoms with E-state index >= 15 is 0 Å². The molecule has 46 heavy (non-hydrogen) atoms. The third kappa shape index (κ3) is 8.20. The minimum atomic E-state index is -4.52. The Morgan fingerprint density at radius 3 is 2.52 bits per heavy atom. The van der Waals surface area contributed by atoms with E-state index in [1.54, 1.807) is 24.4 Å². The molecule has 3 aliphatic rings. The van der Waals surface area contributed by atoms with Crippen LogP contribution in [0.25, 0.3) is 0 Å². The van der Waals surface area contributed by atoms with E-state index in [4.69, 9.17) is 10.7 Å². The first-order valence-corrected chi connectivity index (χ1v) is 15.3. The molecule has 13 heteroatoms. The van der Waals surface area contributed by atoms with E-state index in [2.05, 4.69) is 48.9 Å². The third-order valence-electron chi connectivity index (χ3n) is 8.47. The first kappa shape index (κ1) is 32.9. The molecule has 0 saturated carbocycles. The van der Waals surface area contributed by atoms with Crippen molar-refractivity contribution in [3.63, 3.8) is 0 Å². The van der Waals surface area contributed by atoms with E-state index in [9.17, 15) is 18.0 Å². The molecule has 3 aliphatic heterocycles. The van der Waals surface area contributed by atoms with Gasteiger partial charge in [-0.1, -0.05) is 18.7 Å². The second kappa shape index (κ2) is 14.3. The predicted octanol–water partition coefficient (Wildman–Crippen LogP) is 4.79. The van der Waals surface area contributed by atoms with Crippen molar-refractivity contribution in [2.24, 2.45) is 26.6 Å². The summed E-state index contributed by atoms with van der Waals surface area (Å²) >= 11 is 0. The van der Waals surface area contributed by atoms with E-state index in [0.717, 1.165) is 69.4 Å². The fraction of sp³-hybridized carbons (Fsp3) is 0.394. The van der Waals surface area contributed by atoms with Gasteiger partial charge in [0.15, 0.2) is 0 Å². The number of likely N-dealkylation sites (tertiary alicyclic amines) is 1. The van der Waals surface area contributed by atoms with E-state index < -0.39 is 17.6 Å². The van der Waals surface area contributed by atoms with Crippen LogP contribution in [0.15, 0.2) is 81.7 Å². The monoisotopic (exact) mass is 635 g/mol. The van der Waals surface area contributed by atoms with Crippen molar-refractivity contribution in [3.05, 3.63) is 83.5 Å². The minimum absolute atomic E-state index is 0.0350. The standard InChI is InChI=1S/C33H40F3N9O/c1-4-38-28-20-39-32(45-16-14-44(15-17-45)21-23-10-12-43(3)13-11-23)42-29(28)30(37)41-27-18-24(9-8-22(27)2)31(46)40-26-7-5-6-25(19-26)33(34,35)36/h4-9,18-20,23,41H,1,10-17,21,37H2,2-3H3,(H,40,46)/b30-29-,38-28-. The van der Waals surface area contributed by atoms with E-state index in [1.165, 1.54) is 31.2 Å². The summed E-state index contributed by atoms with van der Waals surface area (Å²) in [5.41, 5.74) is 8.10. The maximum Gasteiger partial charge on any atom is 0.416 e. The number of hydrogen-bond donors (Lipinski definition) is 3. The molecule has 0 aliphatic carbocycles. The molecule has 4 N–H and O–H groups in total. The molecule has 0 aromatic heterocycles. The Bertz CT molecular complexity index is 1560. The van der Waals surface area contributed by atoms with Crippen molar-refractivity contribution >= 4 is 35.2 Å². The normalized spacial score (nSPS) is 20.4. The molecular formula is C33H40F3N9O. The lowest BCUT2D eigenvalue weighted by Crippen LogP contribution is -2.50. The molecule has 244 valence electrons. The number of nitrogens with zero attached hydrogens (tertiary/aromatic N) is 6. The number of amides is 1. The highest BCUT2D eigenvalue weighted by atomic mass is 19.4. The zero-order chi connectivity index (χ0) is 32.8. The molecule has 2 fully saturated rings. The summed E-state index contributed by atoms with van der Waals surface area (Å²) in [6.45, 7) is 12.4. The van der Waals surface area contributed by atoms with E-state index in [0.29, 0.717) is 23.1 Å². The van der Waals surface area contributed by atoms with Crippen molar-refractivity contribution < 1.29 is 18.0 Å². The molecular weight excluding hydrogens is 595 g/mol. The van der Waals surface area contributed by atoms with Gasteiger partial charge in [0.2, 0.25) is 5.96 Å². The van der Waals surface area contributed by atoms with Crippen LogP contribution in [-0.4, -0.2) is 91.4 Å². The van der Waals surface area contributed by atoms with E-state index in [-0.39, 0.29) is 17.1 Å². The molecule has 0 bridgehead atoms. The SMILES string of the molecule is C=C/N=C1/C=NC(N2CCN(CC3CCN(C)CC3)CC2)=N/C1=C(/N)Nc1cc(C(=O)Nc2cccc(C(F)(F)F)c2)ccc1C. The van der Waals surface area contributed by atoms with Gasteiger partial charge in [-0.2, -0.15) is 13.2 Å². The first-order valence-electron chi connectivity index (χ1n) is 15.3. The number of hydrogen-bond acceptors (Lipinski definition) is 9. The molecule has 0 unspecified atom stereocenters. The molecule has 1 amide bonds. The van der Waals surface area contributed by atoms with Crippen molar-refractivity contribution in [1.29, 1.82) is 0 Å². The Balaban J connectivity index is 1.29. The molecule has 10 nitrogen and oxygen atoms in total. The van der Waals surface area contributed by atoms with Gasteiger partial charge < -0.3 is 26.2 Å². The van der Waals surface area contributed by atoms with Crippen LogP contribution in [0, 0.1) is 12.8 Å². The van der Waals surface area contributed by atoms with Crippen LogP contribution in [0.5, 0.6) is 0 Å². The number of nitrogens with two attached hydrogens (primary N) is 1. The number of rotatable bonds is 7.